The lowest BCUT2D eigenvalue weighted by atomic mass is 9.33. The molecule has 7 aliphatic carbocycles. The van der Waals surface area contributed by atoms with E-state index in [4.69, 9.17) is 0 Å². The minimum atomic E-state index is -1.26. The zero-order valence-electron chi connectivity index (χ0n) is 33.8. The number of allylic oxidation sites excluding steroid dienone is 5. The van der Waals surface area contributed by atoms with Crippen molar-refractivity contribution in [1.29, 1.82) is 0 Å². The van der Waals surface area contributed by atoms with Crippen LogP contribution < -0.4 is 5.32 Å². The summed E-state index contributed by atoms with van der Waals surface area (Å²) < 4.78 is 14.0. The van der Waals surface area contributed by atoms with Gasteiger partial charge in [0.05, 0.1) is 16.6 Å². The van der Waals surface area contributed by atoms with E-state index in [1.807, 2.05) is 6.92 Å². The minimum absolute atomic E-state index is 0.0167. The van der Waals surface area contributed by atoms with Gasteiger partial charge in [-0.2, -0.15) is 0 Å². The number of aliphatic hydroxyl groups is 2. The third kappa shape index (κ3) is 5.70. The number of halogens is 1. The number of alkyl halides is 1. The lowest BCUT2D eigenvalue weighted by Gasteiger charge is -2.72. The Morgan fingerprint density at radius 1 is 0.846 bits per heavy atom. The summed E-state index contributed by atoms with van der Waals surface area (Å²) >= 11 is 0. The van der Waals surface area contributed by atoms with Crippen molar-refractivity contribution in [3.63, 3.8) is 0 Å². The molecule has 0 amide bonds. The maximum absolute atomic E-state index is 14.0. The molecule has 5 saturated carbocycles. The highest BCUT2D eigenvalue weighted by Gasteiger charge is 2.70. The summed E-state index contributed by atoms with van der Waals surface area (Å²) in [5.74, 6) is 1.96. The maximum Gasteiger partial charge on any atom is 0.312 e. The summed E-state index contributed by atoms with van der Waals surface area (Å²) in [4.78, 5) is 12.0. The number of aliphatic carboxylic acids is 1. The molecule has 7 aliphatic rings. The molecule has 0 aliphatic heterocycles. The van der Waals surface area contributed by atoms with Crippen LogP contribution in [0.5, 0.6) is 0 Å². The average Bonchev–Trinajstić information content (AvgIpc) is 3.46. The number of carbonyl (C=O) groups is 1. The van der Waals surface area contributed by atoms with Gasteiger partial charge in [0.1, 0.15) is 6.67 Å². The van der Waals surface area contributed by atoms with E-state index >= 15 is 0 Å². The van der Waals surface area contributed by atoms with Crippen molar-refractivity contribution in [2.24, 2.45) is 56.7 Å². The maximum atomic E-state index is 14.0. The monoisotopic (exact) mass is 722 g/mol. The van der Waals surface area contributed by atoms with Crippen molar-refractivity contribution in [2.75, 3.05) is 13.2 Å². The SMILES string of the molecule is C=C(C)C1CC[C@]2(NCC[C@]3(O)CC[C@@](C)(O)CC3)CC[C@]3(C)[C@H](CC[C@@H]4[C@@]5(C)CC=C(C6=CC[C@](CF)(C(=O)O)CC6)C(C)(C)[C@@H]5CC[C@]43C)[C@@H]12. The van der Waals surface area contributed by atoms with Crippen LogP contribution in [0.2, 0.25) is 0 Å². The lowest BCUT2D eigenvalue weighted by molar-refractivity contribution is -0.221. The van der Waals surface area contributed by atoms with Crippen LogP contribution in [0, 0.1) is 56.7 Å². The molecule has 1 unspecified atom stereocenters. The van der Waals surface area contributed by atoms with E-state index in [-0.39, 0.29) is 33.6 Å². The molecular weight excluding hydrogens is 650 g/mol. The van der Waals surface area contributed by atoms with E-state index in [1.54, 1.807) is 0 Å². The number of rotatable bonds is 8. The molecule has 10 atom stereocenters. The Morgan fingerprint density at radius 3 is 2.17 bits per heavy atom. The Morgan fingerprint density at radius 2 is 1.56 bits per heavy atom. The number of carboxylic acids is 1. The Bertz CT molecular complexity index is 1500. The number of hydrogen-bond acceptors (Lipinski definition) is 4. The van der Waals surface area contributed by atoms with E-state index < -0.39 is 29.3 Å². The quantitative estimate of drug-likeness (QED) is 0.187. The fraction of sp³-hybridized carbons (Fsp3) is 0.848. The highest BCUT2D eigenvalue weighted by molar-refractivity contribution is 5.75. The van der Waals surface area contributed by atoms with Crippen LogP contribution in [0.1, 0.15) is 158 Å². The number of hydrogen-bond donors (Lipinski definition) is 4. The second-order valence-corrected chi connectivity index (χ2v) is 21.4. The summed E-state index contributed by atoms with van der Waals surface area (Å²) in [7, 11) is 0. The standard InChI is InChI=1S/C46H72FNO4/c1-30(2)32-13-20-46(48-28-27-45(52)24-21-40(5,51)22-25-45)26-23-42(7)34(37(32)46)9-10-36-41(6)16-14-33(39(3,4)35(41)15-17-43(36,42)8)31-11-18-44(29-47,19-12-31)38(49)50/h11,14,32,34-37,48,51-52H,1,9-10,12-13,15-29H2,2-8H3,(H,49,50)/t32?,34-,35+,36-,37-,40-,41+,42-,43-,44+,45+,46+/m1/s1. The van der Waals surface area contributed by atoms with E-state index in [9.17, 15) is 24.5 Å². The van der Waals surface area contributed by atoms with E-state index in [2.05, 4.69) is 65.6 Å². The highest BCUT2D eigenvalue weighted by atomic mass is 19.1. The predicted octanol–water partition coefficient (Wildman–Crippen LogP) is 10.1. The molecule has 5 nitrogen and oxygen atoms in total. The number of nitrogens with one attached hydrogen (secondary N) is 1. The molecule has 292 valence electrons. The normalized spacial score (nSPS) is 49.8. The third-order valence-corrected chi connectivity index (χ3v) is 18.6. The molecule has 0 aromatic carbocycles. The van der Waals surface area contributed by atoms with Crippen LogP contribution in [0.15, 0.2) is 35.5 Å². The topological polar surface area (TPSA) is 89.8 Å². The summed E-state index contributed by atoms with van der Waals surface area (Å²) in [6.45, 7) is 21.8. The van der Waals surface area contributed by atoms with Crippen LogP contribution in [0.25, 0.3) is 0 Å². The lowest BCUT2D eigenvalue weighted by Crippen LogP contribution is -2.68. The van der Waals surface area contributed by atoms with Crippen LogP contribution >= 0.6 is 0 Å². The first-order valence-electron chi connectivity index (χ1n) is 21.3. The zero-order valence-corrected chi connectivity index (χ0v) is 33.8. The van der Waals surface area contributed by atoms with Gasteiger partial charge in [-0.1, -0.05) is 58.9 Å². The molecule has 4 N–H and O–H groups in total. The Hall–Kier alpha value is -1.50. The first-order valence-corrected chi connectivity index (χ1v) is 21.3. The molecule has 0 aromatic rings. The largest absolute Gasteiger partial charge is 0.481 e. The van der Waals surface area contributed by atoms with Gasteiger partial charge in [-0.3, -0.25) is 4.79 Å². The van der Waals surface area contributed by atoms with E-state index in [0.717, 1.165) is 19.4 Å². The molecule has 0 bridgehead atoms. The smallest absolute Gasteiger partial charge is 0.312 e. The molecular formula is C46H72FNO4. The Labute approximate surface area is 314 Å². The van der Waals surface area contributed by atoms with Gasteiger partial charge in [0.25, 0.3) is 0 Å². The molecule has 0 spiro atoms. The Kier molecular flexibility index (Phi) is 9.52. The van der Waals surface area contributed by atoms with Gasteiger partial charge < -0.3 is 20.6 Å². The second kappa shape index (κ2) is 12.8. The van der Waals surface area contributed by atoms with Crippen molar-refractivity contribution >= 4 is 5.97 Å². The Balaban J connectivity index is 1.13. The summed E-state index contributed by atoms with van der Waals surface area (Å²) in [6.07, 6.45) is 20.4. The molecule has 0 heterocycles. The number of carboxylic acid groups (broad SMARTS) is 1. The van der Waals surface area contributed by atoms with Gasteiger partial charge >= 0.3 is 5.97 Å². The molecule has 0 aromatic heterocycles. The molecule has 52 heavy (non-hydrogen) atoms. The fourth-order valence-corrected chi connectivity index (χ4v) is 15.2. The van der Waals surface area contributed by atoms with Gasteiger partial charge in [0.2, 0.25) is 0 Å². The van der Waals surface area contributed by atoms with E-state index in [0.29, 0.717) is 68.1 Å². The minimum Gasteiger partial charge on any atom is -0.481 e. The zero-order chi connectivity index (χ0) is 37.8. The predicted molar refractivity (Wildman–Crippen MR) is 207 cm³/mol. The first-order chi connectivity index (χ1) is 24.2. The van der Waals surface area contributed by atoms with Gasteiger partial charge in [-0.15, -0.1) is 0 Å². The van der Waals surface area contributed by atoms with Gasteiger partial charge in [-0.05, 0) is 192 Å². The van der Waals surface area contributed by atoms with Crippen LogP contribution in [0.3, 0.4) is 0 Å². The second-order valence-electron chi connectivity index (χ2n) is 21.4. The molecule has 0 saturated heterocycles. The molecule has 7 rings (SSSR count). The van der Waals surface area contributed by atoms with Crippen molar-refractivity contribution in [3.05, 3.63) is 35.5 Å². The first kappa shape index (κ1) is 38.8. The van der Waals surface area contributed by atoms with E-state index in [1.165, 1.54) is 68.1 Å². The van der Waals surface area contributed by atoms with Crippen molar-refractivity contribution in [1.82, 2.24) is 5.32 Å². The average molecular weight is 722 g/mol. The molecule has 6 heteroatoms. The third-order valence-electron chi connectivity index (χ3n) is 18.6. The van der Waals surface area contributed by atoms with Gasteiger partial charge in [-0.25, -0.2) is 4.39 Å². The number of fused-ring (bicyclic) bond motifs is 7. The van der Waals surface area contributed by atoms with Crippen molar-refractivity contribution in [3.8, 4) is 0 Å². The van der Waals surface area contributed by atoms with Crippen LogP contribution in [0.4, 0.5) is 4.39 Å². The van der Waals surface area contributed by atoms with Crippen LogP contribution in [-0.4, -0.2) is 51.2 Å². The highest BCUT2D eigenvalue weighted by Crippen LogP contribution is 2.76. The summed E-state index contributed by atoms with van der Waals surface area (Å²) in [6, 6.07) is 0. The van der Waals surface area contributed by atoms with Gasteiger partial charge in [0.15, 0.2) is 0 Å². The molecule has 0 radical (unpaired) electrons. The summed E-state index contributed by atoms with van der Waals surface area (Å²) in [5.41, 5.74) is 2.23. The summed E-state index contributed by atoms with van der Waals surface area (Å²) in [5, 5.41) is 36.0. The van der Waals surface area contributed by atoms with Gasteiger partial charge in [0, 0.05) is 5.54 Å². The fourth-order valence-electron chi connectivity index (χ4n) is 15.2. The van der Waals surface area contributed by atoms with Crippen molar-refractivity contribution in [2.45, 2.75) is 174 Å². The van der Waals surface area contributed by atoms with Crippen molar-refractivity contribution < 1.29 is 24.5 Å². The van der Waals surface area contributed by atoms with Crippen LogP contribution in [-0.2, 0) is 4.79 Å². The molecule has 5 fully saturated rings.